The molecule has 0 saturated carbocycles. The van der Waals surface area contributed by atoms with Crippen LogP contribution >= 0.6 is 28.1 Å². The minimum Gasteiger partial charge on any atom is -0.490 e. The molecule has 2 N–H and O–H groups in total. The van der Waals surface area contributed by atoms with Gasteiger partial charge in [-0.2, -0.15) is 0 Å². The van der Waals surface area contributed by atoms with E-state index in [1.807, 2.05) is 49.4 Å². The molecule has 2 rings (SSSR count). The average Bonchev–Trinajstić information content (AvgIpc) is 2.43. The van der Waals surface area contributed by atoms with Crippen molar-refractivity contribution in [1.82, 2.24) is 0 Å². The van der Waals surface area contributed by atoms with Crippen LogP contribution in [0.1, 0.15) is 12.5 Å². The fraction of sp³-hybridized carbons (Fsp3) is 0.133. The molecule has 0 heterocycles. The quantitative estimate of drug-likeness (QED) is 0.816. The molecule has 3 nitrogen and oxygen atoms in total. The van der Waals surface area contributed by atoms with Crippen LogP contribution in [0.15, 0.2) is 46.9 Å². The van der Waals surface area contributed by atoms with Gasteiger partial charge in [-0.15, -0.1) is 0 Å². The Hall–Kier alpha value is -1.59. The topological polar surface area (TPSA) is 44.5 Å². The maximum Gasteiger partial charge on any atom is 0.169 e. The first kappa shape index (κ1) is 14.8. The SMILES string of the molecule is CCOc1ccccc1Oc1ccc(Br)cc1C(N)=S. The van der Waals surface area contributed by atoms with E-state index in [2.05, 4.69) is 15.9 Å². The van der Waals surface area contributed by atoms with Crippen LogP contribution in [0.25, 0.3) is 0 Å². The lowest BCUT2D eigenvalue weighted by Crippen LogP contribution is -2.11. The number of rotatable bonds is 5. The molecule has 0 aliphatic rings. The molecule has 0 spiro atoms. The second-order valence-corrected chi connectivity index (χ2v) is 5.34. The zero-order valence-corrected chi connectivity index (χ0v) is 13.3. The van der Waals surface area contributed by atoms with Gasteiger partial charge in [-0.1, -0.05) is 40.3 Å². The summed E-state index contributed by atoms with van der Waals surface area (Å²) >= 11 is 8.45. The fourth-order valence-electron chi connectivity index (χ4n) is 1.71. The normalized spacial score (nSPS) is 10.1. The molecule has 0 unspecified atom stereocenters. The van der Waals surface area contributed by atoms with Crippen molar-refractivity contribution in [3.8, 4) is 17.2 Å². The van der Waals surface area contributed by atoms with Gasteiger partial charge in [-0.25, -0.2) is 0 Å². The Balaban J connectivity index is 2.37. The Morgan fingerprint density at radius 2 is 1.85 bits per heavy atom. The molecule has 0 amide bonds. The van der Waals surface area contributed by atoms with Crippen molar-refractivity contribution in [2.24, 2.45) is 5.73 Å². The Kier molecular flexibility index (Phi) is 4.98. The van der Waals surface area contributed by atoms with Gasteiger partial charge >= 0.3 is 0 Å². The van der Waals surface area contributed by atoms with Crippen molar-refractivity contribution < 1.29 is 9.47 Å². The Labute approximate surface area is 131 Å². The third-order valence-corrected chi connectivity index (χ3v) is 3.29. The summed E-state index contributed by atoms with van der Waals surface area (Å²) in [5.74, 6) is 1.92. The van der Waals surface area contributed by atoms with E-state index in [4.69, 9.17) is 27.4 Å². The summed E-state index contributed by atoms with van der Waals surface area (Å²) in [6, 6.07) is 13.0. The molecule has 20 heavy (non-hydrogen) atoms. The van der Waals surface area contributed by atoms with E-state index < -0.39 is 0 Å². The van der Waals surface area contributed by atoms with Crippen molar-refractivity contribution >= 4 is 33.1 Å². The first-order chi connectivity index (χ1) is 9.61. The summed E-state index contributed by atoms with van der Waals surface area (Å²) in [6.45, 7) is 2.50. The minimum atomic E-state index is 0.287. The smallest absolute Gasteiger partial charge is 0.169 e. The lowest BCUT2D eigenvalue weighted by atomic mass is 10.2. The van der Waals surface area contributed by atoms with Crippen LogP contribution in [0.5, 0.6) is 17.2 Å². The highest BCUT2D eigenvalue weighted by Crippen LogP contribution is 2.34. The third kappa shape index (κ3) is 3.49. The van der Waals surface area contributed by atoms with Gasteiger partial charge in [0.1, 0.15) is 10.7 Å². The number of hydrogen-bond acceptors (Lipinski definition) is 3. The highest BCUT2D eigenvalue weighted by Gasteiger charge is 2.11. The summed E-state index contributed by atoms with van der Waals surface area (Å²) in [6.07, 6.45) is 0. The minimum absolute atomic E-state index is 0.287. The maximum atomic E-state index is 5.90. The van der Waals surface area contributed by atoms with Crippen molar-refractivity contribution in [2.45, 2.75) is 6.92 Å². The van der Waals surface area contributed by atoms with Gasteiger partial charge in [-0.05, 0) is 37.3 Å². The van der Waals surface area contributed by atoms with Crippen LogP contribution in [0.2, 0.25) is 0 Å². The molecule has 2 aromatic carbocycles. The summed E-state index contributed by atoms with van der Waals surface area (Å²) < 4.78 is 12.3. The van der Waals surface area contributed by atoms with Crippen molar-refractivity contribution in [2.75, 3.05) is 6.61 Å². The van der Waals surface area contributed by atoms with E-state index in [0.29, 0.717) is 29.4 Å². The number of halogens is 1. The summed E-state index contributed by atoms with van der Waals surface area (Å²) in [4.78, 5) is 0.287. The Morgan fingerprint density at radius 1 is 1.15 bits per heavy atom. The van der Waals surface area contributed by atoms with E-state index in [0.717, 1.165) is 4.47 Å². The predicted molar refractivity (Wildman–Crippen MR) is 87.7 cm³/mol. The van der Waals surface area contributed by atoms with Crippen molar-refractivity contribution in [1.29, 1.82) is 0 Å². The largest absolute Gasteiger partial charge is 0.490 e. The van der Waals surface area contributed by atoms with Crippen LogP contribution in [0.4, 0.5) is 0 Å². The molecule has 0 atom stereocenters. The zero-order valence-electron chi connectivity index (χ0n) is 10.9. The van der Waals surface area contributed by atoms with Gasteiger partial charge in [0.25, 0.3) is 0 Å². The van der Waals surface area contributed by atoms with Crippen LogP contribution in [-0.4, -0.2) is 11.6 Å². The van der Waals surface area contributed by atoms with Crippen molar-refractivity contribution in [3.05, 3.63) is 52.5 Å². The van der Waals surface area contributed by atoms with Crippen LogP contribution in [0.3, 0.4) is 0 Å². The van der Waals surface area contributed by atoms with Gasteiger partial charge in [0.15, 0.2) is 11.5 Å². The lowest BCUT2D eigenvalue weighted by molar-refractivity contribution is 0.321. The number of thiocarbonyl (C=S) groups is 1. The van der Waals surface area contributed by atoms with E-state index in [-0.39, 0.29) is 4.99 Å². The van der Waals surface area contributed by atoms with Crippen LogP contribution < -0.4 is 15.2 Å². The first-order valence-electron chi connectivity index (χ1n) is 6.11. The fourth-order valence-corrected chi connectivity index (χ4v) is 2.23. The maximum absolute atomic E-state index is 5.90. The van der Waals surface area contributed by atoms with E-state index in [1.54, 1.807) is 0 Å². The van der Waals surface area contributed by atoms with Gasteiger partial charge in [0, 0.05) is 4.47 Å². The van der Waals surface area contributed by atoms with Gasteiger partial charge in [0.2, 0.25) is 0 Å². The molecule has 0 aliphatic carbocycles. The van der Waals surface area contributed by atoms with Crippen molar-refractivity contribution in [3.63, 3.8) is 0 Å². The van der Waals surface area contributed by atoms with Gasteiger partial charge < -0.3 is 15.2 Å². The molecule has 104 valence electrons. The van der Waals surface area contributed by atoms with Crippen LogP contribution in [-0.2, 0) is 0 Å². The second kappa shape index (κ2) is 6.72. The number of benzene rings is 2. The number of para-hydroxylation sites is 2. The van der Waals surface area contributed by atoms with E-state index >= 15 is 0 Å². The molecule has 2 aromatic rings. The second-order valence-electron chi connectivity index (χ2n) is 3.99. The zero-order chi connectivity index (χ0) is 14.5. The molecule has 5 heteroatoms. The number of nitrogens with two attached hydrogens (primary N) is 1. The molecule has 0 bridgehead atoms. The molecule has 0 fully saturated rings. The Bertz CT molecular complexity index is 631. The summed E-state index contributed by atoms with van der Waals surface area (Å²) in [5, 5.41) is 0. The molecule has 0 aromatic heterocycles. The lowest BCUT2D eigenvalue weighted by Gasteiger charge is -2.14. The summed E-state index contributed by atoms with van der Waals surface area (Å²) in [5.41, 5.74) is 6.41. The Morgan fingerprint density at radius 3 is 2.50 bits per heavy atom. The third-order valence-electron chi connectivity index (χ3n) is 2.58. The summed E-state index contributed by atoms with van der Waals surface area (Å²) in [7, 11) is 0. The average molecular weight is 352 g/mol. The molecular formula is C15H14BrNO2S. The predicted octanol–water partition coefficient (Wildman–Crippen LogP) is 4.27. The molecular weight excluding hydrogens is 338 g/mol. The van der Waals surface area contributed by atoms with Gasteiger partial charge in [0.05, 0.1) is 12.2 Å². The van der Waals surface area contributed by atoms with E-state index in [9.17, 15) is 0 Å². The van der Waals surface area contributed by atoms with E-state index in [1.165, 1.54) is 0 Å². The molecule has 0 saturated heterocycles. The highest BCUT2D eigenvalue weighted by molar-refractivity contribution is 9.10. The monoisotopic (exact) mass is 351 g/mol. The standard InChI is InChI=1S/C15H14BrNO2S/c1-2-18-13-5-3-4-6-14(13)19-12-8-7-10(16)9-11(12)15(17)20/h3-9H,2H2,1H3,(H2,17,20). The van der Waals surface area contributed by atoms with Gasteiger partial charge in [-0.3, -0.25) is 0 Å². The number of ether oxygens (including phenoxy) is 2. The highest BCUT2D eigenvalue weighted by atomic mass is 79.9. The van der Waals surface area contributed by atoms with Crippen LogP contribution in [0, 0.1) is 0 Å². The molecule has 0 radical (unpaired) electrons. The first-order valence-corrected chi connectivity index (χ1v) is 7.31. The number of hydrogen-bond donors (Lipinski definition) is 1. The molecule has 0 aliphatic heterocycles.